The Kier molecular flexibility index (Phi) is 3.91. The van der Waals surface area contributed by atoms with Crippen molar-refractivity contribution in [1.29, 1.82) is 0 Å². The number of aromatic nitrogens is 2. The molecule has 0 N–H and O–H groups in total. The Bertz CT molecular complexity index is 1270. The maximum atomic E-state index is 14.4. The van der Waals surface area contributed by atoms with Crippen LogP contribution in [0, 0.1) is 5.82 Å². The minimum atomic E-state index is -4.79. The van der Waals surface area contributed by atoms with Crippen LogP contribution >= 0.6 is 0 Å². The van der Waals surface area contributed by atoms with Crippen molar-refractivity contribution in [3.8, 4) is 17.1 Å². The fourth-order valence-electron chi connectivity index (χ4n) is 3.09. The molecule has 4 rings (SSSR count). The summed E-state index contributed by atoms with van der Waals surface area (Å²) in [6.45, 7) is 0. The Labute approximate surface area is 154 Å². The molecule has 2 heterocycles. The number of alkyl halides is 3. The molecule has 0 radical (unpaired) electrons. The second-order valence-electron chi connectivity index (χ2n) is 6.13. The number of ether oxygens (including phenoxy) is 1. The van der Waals surface area contributed by atoms with Crippen LogP contribution in [0.3, 0.4) is 0 Å². The summed E-state index contributed by atoms with van der Waals surface area (Å²) in [4.78, 5) is 16.0. The van der Waals surface area contributed by atoms with Gasteiger partial charge in [0.25, 0.3) is 0 Å². The molecular weight excluding hydrogens is 380 g/mol. The van der Waals surface area contributed by atoms with Gasteiger partial charge in [-0.15, -0.1) is 0 Å². The fourth-order valence-corrected chi connectivity index (χ4v) is 3.09. The quantitative estimate of drug-likeness (QED) is 0.471. The molecule has 0 amide bonds. The van der Waals surface area contributed by atoms with E-state index in [-0.39, 0.29) is 22.2 Å². The van der Waals surface area contributed by atoms with Gasteiger partial charge in [-0.05, 0) is 30.3 Å². The Hall–Kier alpha value is -3.36. The maximum Gasteiger partial charge on any atom is 0.449 e. The van der Waals surface area contributed by atoms with Gasteiger partial charge in [0, 0.05) is 18.7 Å². The minimum absolute atomic E-state index is 0.118. The molecule has 0 saturated carbocycles. The zero-order valence-corrected chi connectivity index (χ0v) is 14.6. The molecule has 0 aliphatic carbocycles. The highest BCUT2D eigenvalue weighted by Crippen LogP contribution is 2.35. The van der Waals surface area contributed by atoms with Crippen molar-refractivity contribution in [2.24, 2.45) is 7.05 Å². The van der Waals surface area contributed by atoms with Crippen LogP contribution in [0.5, 0.6) is 5.75 Å². The Balaban J connectivity index is 2.06. The highest BCUT2D eigenvalue weighted by molar-refractivity contribution is 6.01. The third-order valence-electron chi connectivity index (χ3n) is 4.42. The highest BCUT2D eigenvalue weighted by Gasteiger charge is 2.38. The van der Waals surface area contributed by atoms with E-state index >= 15 is 0 Å². The van der Waals surface area contributed by atoms with Gasteiger partial charge in [0.1, 0.15) is 28.4 Å². The monoisotopic (exact) mass is 392 g/mol. The molecule has 2 aromatic heterocycles. The van der Waals surface area contributed by atoms with Gasteiger partial charge < -0.3 is 13.7 Å². The van der Waals surface area contributed by atoms with Crippen LogP contribution in [0.4, 0.5) is 17.6 Å². The SMILES string of the molecule is COc1ccc(-c2cc(=O)c3cc(F)c4c(nc(C(F)(F)F)n4C)c3o2)cc1. The summed E-state index contributed by atoms with van der Waals surface area (Å²) in [5.41, 5.74) is -1.05. The van der Waals surface area contributed by atoms with E-state index < -0.39 is 28.8 Å². The van der Waals surface area contributed by atoms with Crippen LogP contribution in [0.15, 0.2) is 45.6 Å². The van der Waals surface area contributed by atoms with E-state index in [9.17, 15) is 22.4 Å². The number of hydrogen-bond donors (Lipinski definition) is 0. The maximum absolute atomic E-state index is 14.4. The first kappa shape index (κ1) is 18.0. The first-order valence-electron chi connectivity index (χ1n) is 8.05. The average molecular weight is 392 g/mol. The molecule has 0 aliphatic rings. The molecule has 28 heavy (non-hydrogen) atoms. The van der Waals surface area contributed by atoms with Crippen LogP contribution < -0.4 is 10.2 Å². The van der Waals surface area contributed by atoms with Crippen LogP contribution in [0.1, 0.15) is 5.82 Å². The molecule has 0 unspecified atom stereocenters. The van der Waals surface area contributed by atoms with Crippen molar-refractivity contribution in [2.75, 3.05) is 7.11 Å². The number of nitrogens with zero attached hydrogens (tertiary/aromatic N) is 2. The largest absolute Gasteiger partial charge is 0.497 e. The van der Waals surface area contributed by atoms with Gasteiger partial charge in [0.05, 0.1) is 12.5 Å². The van der Waals surface area contributed by atoms with E-state index in [0.29, 0.717) is 15.9 Å². The molecule has 0 fully saturated rings. The van der Waals surface area contributed by atoms with E-state index in [4.69, 9.17) is 9.15 Å². The molecule has 5 nitrogen and oxygen atoms in total. The van der Waals surface area contributed by atoms with Crippen molar-refractivity contribution in [3.05, 3.63) is 58.3 Å². The lowest BCUT2D eigenvalue weighted by atomic mass is 10.1. The smallest absolute Gasteiger partial charge is 0.449 e. The van der Waals surface area contributed by atoms with E-state index in [2.05, 4.69) is 4.98 Å². The lowest BCUT2D eigenvalue weighted by molar-refractivity contribution is -0.146. The summed E-state index contributed by atoms with van der Waals surface area (Å²) in [6, 6.07) is 8.56. The van der Waals surface area contributed by atoms with Gasteiger partial charge in [0.2, 0.25) is 5.82 Å². The van der Waals surface area contributed by atoms with Crippen molar-refractivity contribution in [2.45, 2.75) is 6.18 Å². The number of benzene rings is 2. The topological polar surface area (TPSA) is 57.3 Å². The highest BCUT2D eigenvalue weighted by atomic mass is 19.4. The van der Waals surface area contributed by atoms with Gasteiger partial charge in [-0.2, -0.15) is 13.2 Å². The lowest BCUT2D eigenvalue weighted by Gasteiger charge is -2.06. The molecule has 4 aromatic rings. The number of halogens is 4. The molecule has 0 aliphatic heterocycles. The average Bonchev–Trinajstić information content (AvgIpc) is 3.01. The van der Waals surface area contributed by atoms with Crippen LogP contribution in [-0.2, 0) is 13.2 Å². The number of fused-ring (bicyclic) bond motifs is 3. The first-order valence-corrected chi connectivity index (χ1v) is 8.05. The predicted molar refractivity (Wildman–Crippen MR) is 93.7 cm³/mol. The van der Waals surface area contributed by atoms with Crippen molar-refractivity contribution < 1.29 is 26.7 Å². The summed E-state index contributed by atoms with van der Waals surface area (Å²) in [5.74, 6) is -1.58. The van der Waals surface area contributed by atoms with E-state index in [0.717, 1.165) is 19.2 Å². The molecular formula is C19H12F4N2O3. The molecule has 144 valence electrons. The van der Waals surface area contributed by atoms with Crippen molar-refractivity contribution in [3.63, 3.8) is 0 Å². The van der Waals surface area contributed by atoms with E-state index in [1.807, 2.05) is 0 Å². The molecule has 0 spiro atoms. The van der Waals surface area contributed by atoms with Crippen LogP contribution in [-0.4, -0.2) is 16.7 Å². The van der Waals surface area contributed by atoms with Crippen molar-refractivity contribution in [1.82, 2.24) is 9.55 Å². The number of methoxy groups -OCH3 is 1. The van der Waals surface area contributed by atoms with Crippen molar-refractivity contribution >= 4 is 22.0 Å². The van der Waals surface area contributed by atoms with Crippen LogP contribution in [0.25, 0.3) is 33.3 Å². The normalized spacial score (nSPS) is 12.1. The summed E-state index contributed by atoms with van der Waals surface area (Å²) < 4.78 is 65.4. The van der Waals surface area contributed by atoms with Gasteiger partial charge in [-0.3, -0.25) is 4.79 Å². The third kappa shape index (κ3) is 2.70. The summed E-state index contributed by atoms with van der Waals surface area (Å²) in [7, 11) is 2.55. The summed E-state index contributed by atoms with van der Waals surface area (Å²) >= 11 is 0. The van der Waals surface area contributed by atoms with Gasteiger partial charge in [-0.1, -0.05) is 0 Å². The number of rotatable bonds is 2. The first-order chi connectivity index (χ1) is 13.2. The predicted octanol–water partition coefficient (Wildman–Crippen LogP) is 4.51. The zero-order chi connectivity index (χ0) is 20.2. The Morgan fingerprint density at radius 3 is 2.43 bits per heavy atom. The summed E-state index contributed by atoms with van der Waals surface area (Å²) in [6.07, 6.45) is -4.79. The Morgan fingerprint density at radius 2 is 1.82 bits per heavy atom. The van der Waals surface area contributed by atoms with Gasteiger partial charge >= 0.3 is 6.18 Å². The number of imidazole rings is 1. The fraction of sp³-hybridized carbons (Fsp3) is 0.158. The lowest BCUT2D eigenvalue weighted by Crippen LogP contribution is -2.12. The van der Waals surface area contributed by atoms with E-state index in [1.165, 1.54) is 7.11 Å². The Morgan fingerprint density at radius 1 is 1.14 bits per heavy atom. The van der Waals surface area contributed by atoms with Gasteiger partial charge in [0.15, 0.2) is 11.0 Å². The number of hydrogen-bond acceptors (Lipinski definition) is 4. The number of aryl methyl sites for hydroxylation is 1. The molecule has 0 atom stereocenters. The molecule has 2 aromatic carbocycles. The zero-order valence-electron chi connectivity index (χ0n) is 14.6. The third-order valence-corrected chi connectivity index (χ3v) is 4.42. The van der Waals surface area contributed by atoms with E-state index in [1.54, 1.807) is 24.3 Å². The standard InChI is InChI=1S/C19H12F4N2O3/c1-25-16-12(20)7-11-13(26)8-14(9-3-5-10(27-2)6-4-9)28-17(11)15(16)24-18(25)19(21,22)23/h3-8H,1-2H3. The second kappa shape index (κ2) is 6.08. The molecule has 9 heteroatoms. The molecule has 0 bridgehead atoms. The molecule has 0 saturated heterocycles. The van der Waals surface area contributed by atoms with Crippen LogP contribution in [0.2, 0.25) is 0 Å². The summed E-state index contributed by atoms with van der Waals surface area (Å²) in [5, 5.41) is -0.186. The van der Waals surface area contributed by atoms with Gasteiger partial charge in [-0.25, -0.2) is 9.37 Å². The minimum Gasteiger partial charge on any atom is -0.497 e. The second-order valence-corrected chi connectivity index (χ2v) is 6.13.